The molecule has 3 N–H and O–H groups in total. The number of aliphatic hydroxyl groups excluding tert-OH is 1. The lowest BCUT2D eigenvalue weighted by molar-refractivity contribution is -0.147. The summed E-state index contributed by atoms with van der Waals surface area (Å²) in [5.41, 5.74) is 0. The van der Waals surface area contributed by atoms with Crippen LogP contribution in [0.1, 0.15) is 181 Å². The minimum Gasteiger partial charge on any atom is -0.463 e. The average Bonchev–Trinajstić information content (AvgIpc) is 3.25. The number of aliphatic hydroxyl groups is 1. The first kappa shape index (κ1) is 57.9. The van der Waals surface area contributed by atoms with Crippen molar-refractivity contribution in [2.24, 2.45) is 0 Å². The van der Waals surface area contributed by atoms with E-state index in [-0.39, 0.29) is 32.1 Å². The summed E-state index contributed by atoms with van der Waals surface area (Å²) in [6, 6.07) is 0. The van der Waals surface area contributed by atoms with Crippen LogP contribution < -0.4 is 5.32 Å². The van der Waals surface area contributed by atoms with E-state index in [4.69, 9.17) is 13.8 Å². The number of hydrogen-bond donors (Lipinski definition) is 3. The molecule has 0 aromatic carbocycles. The topological polar surface area (TPSA) is 131 Å². The summed E-state index contributed by atoms with van der Waals surface area (Å²) in [6.07, 6.45) is 60.5. The number of carbonyl (C=O) groups is 2. The van der Waals surface area contributed by atoms with E-state index in [0.29, 0.717) is 6.42 Å². The van der Waals surface area contributed by atoms with Crippen LogP contribution in [0.4, 0.5) is 0 Å². The van der Waals surface area contributed by atoms with E-state index in [2.05, 4.69) is 116 Å². The zero-order valence-electron chi connectivity index (χ0n) is 38.3. The van der Waals surface area contributed by atoms with E-state index in [1.807, 2.05) is 0 Å². The third-order valence-electron chi connectivity index (χ3n) is 9.50. The highest BCUT2D eigenvalue weighted by atomic mass is 31.2. The Morgan fingerprint density at radius 3 is 1.43 bits per heavy atom. The van der Waals surface area contributed by atoms with Crippen molar-refractivity contribution in [2.75, 3.05) is 26.4 Å². The van der Waals surface area contributed by atoms with Crippen molar-refractivity contribution in [3.63, 3.8) is 0 Å². The summed E-state index contributed by atoms with van der Waals surface area (Å²) in [6.45, 7) is 3.35. The van der Waals surface area contributed by atoms with Gasteiger partial charge < -0.3 is 20.1 Å². The highest BCUT2D eigenvalue weighted by Gasteiger charge is 2.23. The van der Waals surface area contributed by atoms with Crippen LogP contribution in [0.3, 0.4) is 0 Å². The number of amides is 1. The van der Waals surface area contributed by atoms with Gasteiger partial charge in [0.2, 0.25) is 5.91 Å². The van der Waals surface area contributed by atoms with Crippen LogP contribution in [0, 0.1) is 0 Å². The van der Waals surface area contributed by atoms with Crippen molar-refractivity contribution < 1.29 is 37.9 Å². The Bertz CT molecular complexity index is 1320. The number of esters is 1. The van der Waals surface area contributed by atoms with Gasteiger partial charge in [0, 0.05) is 19.4 Å². The number of ether oxygens (including phenoxy) is 1. The van der Waals surface area contributed by atoms with Gasteiger partial charge in [-0.05, 0) is 96.3 Å². The maximum Gasteiger partial charge on any atom is 0.472 e. The molecule has 0 heterocycles. The van der Waals surface area contributed by atoms with Crippen LogP contribution in [0.5, 0.6) is 0 Å². The molecule has 0 rings (SSSR count). The van der Waals surface area contributed by atoms with Crippen molar-refractivity contribution in [1.29, 1.82) is 0 Å². The second-order valence-corrected chi connectivity index (χ2v) is 16.8. The molecular formula is C51H86NO8P. The minimum atomic E-state index is -4.44. The Hall–Kier alpha value is -3.07. The molecule has 0 spiro atoms. The van der Waals surface area contributed by atoms with Gasteiger partial charge in [-0.25, -0.2) is 4.57 Å². The number of hydrogen-bond acceptors (Lipinski definition) is 7. The molecule has 0 fully saturated rings. The molecule has 2 unspecified atom stereocenters. The smallest absolute Gasteiger partial charge is 0.463 e. The SMILES string of the molecule is CC/C=C\C/C=C\C/C=C\C/C=C\C/C=C\CCCCCC(=O)NCCOP(=O)(O)OCC(O)COC(=O)CCCCCCCCCC/C=C\C/C=C\C/C=C\CCCCC. The van der Waals surface area contributed by atoms with Gasteiger partial charge in [0.05, 0.1) is 13.2 Å². The number of phosphoric acid groups is 1. The average molecular weight is 872 g/mol. The van der Waals surface area contributed by atoms with Gasteiger partial charge in [-0.1, -0.05) is 169 Å². The molecule has 0 aliphatic rings. The maximum atomic E-state index is 12.1. The van der Waals surface area contributed by atoms with Crippen LogP contribution in [0.2, 0.25) is 0 Å². The zero-order valence-corrected chi connectivity index (χ0v) is 39.2. The van der Waals surface area contributed by atoms with Crippen LogP contribution >= 0.6 is 7.82 Å². The Labute approximate surface area is 372 Å². The fraction of sp³-hybridized carbons (Fsp3) is 0.647. The van der Waals surface area contributed by atoms with Gasteiger partial charge in [-0.3, -0.25) is 18.6 Å². The lowest BCUT2D eigenvalue weighted by Gasteiger charge is -2.15. The van der Waals surface area contributed by atoms with Crippen LogP contribution in [0.15, 0.2) is 97.2 Å². The van der Waals surface area contributed by atoms with Crippen molar-refractivity contribution in [3.8, 4) is 0 Å². The lowest BCUT2D eigenvalue weighted by atomic mass is 10.1. The van der Waals surface area contributed by atoms with E-state index in [9.17, 15) is 24.2 Å². The van der Waals surface area contributed by atoms with Gasteiger partial charge in [-0.15, -0.1) is 0 Å². The Kier molecular flexibility index (Phi) is 44.1. The van der Waals surface area contributed by atoms with Gasteiger partial charge in [0.15, 0.2) is 0 Å². The molecule has 0 aromatic heterocycles. The van der Waals surface area contributed by atoms with Gasteiger partial charge in [0.1, 0.15) is 12.7 Å². The number of nitrogens with one attached hydrogen (secondary N) is 1. The first-order chi connectivity index (χ1) is 29.8. The monoisotopic (exact) mass is 872 g/mol. The van der Waals surface area contributed by atoms with Crippen molar-refractivity contribution in [3.05, 3.63) is 97.2 Å². The molecule has 0 bridgehead atoms. The highest BCUT2D eigenvalue weighted by Crippen LogP contribution is 2.42. The van der Waals surface area contributed by atoms with E-state index in [1.54, 1.807) is 0 Å². The van der Waals surface area contributed by atoms with Crippen molar-refractivity contribution in [2.45, 2.75) is 187 Å². The van der Waals surface area contributed by atoms with Crippen molar-refractivity contribution >= 4 is 19.7 Å². The summed E-state index contributed by atoms with van der Waals surface area (Å²) in [5.74, 6) is -0.563. The third-order valence-corrected chi connectivity index (χ3v) is 10.5. The van der Waals surface area contributed by atoms with Gasteiger partial charge in [-0.2, -0.15) is 0 Å². The standard InChI is InChI=1S/C51H86NO8P/c1-3-5-7-9-11-13-15-17-19-21-23-24-26-28-30-32-34-36-38-40-42-44-51(55)58-47-49(53)48-60-61(56,57)59-46-45-52-50(54)43-41-39-37-35-33-31-29-27-25-22-20-18-16-14-12-10-8-6-4-2/h6,8,11-14,17-20,23-25,27,31,33,49,53H,3-5,7,9-10,15-16,21-22,26,28-30,32,34-48H2,1-2H3,(H,52,54)(H,56,57)/b8-6-,13-11-,14-12-,19-17-,20-18-,24-23-,27-25-,33-31-. The molecule has 1 amide bonds. The van der Waals surface area contributed by atoms with E-state index in [0.717, 1.165) is 103 Å². The fourth-order valence-corrected chi connectivity index (χ4v) is 6.70. The Morgan fingerprint density at radius 1 is 0.525 bits per heavy atom. The number of carbonyl (C=O) groups excluding carboxylic acids is 2. The number of allylic oxidation sites excluding steroid dienone is 16. The molecule has 61 heavy (non-hydrogen) atoms. The molecule has 348 valence electrons. The maximum absolute atomic E-state index is 12.1. The van der Waals surface area contributed by atoms with Crippen LogP contribution in [-0.4, -0.2) is 54.3 Å². The Morgan fingerprint density at radius 2 is 0.934 bits per heavy atom. The van der Waals surface area contributed by atoms with E-state index < -0.39 is 26.5 Å². The molecule has 9 nitrogen and oxygen atoms in total. The summed E-state index contributed by atoms with van der Waals surface area (Å²) in [7, 11) is -4.44. The second-order valence-electron chi connectivity index (χ2n) is 15.3. The molecule has 0 radical (unpaired) electrons. The molecule has 0 aliphatic heterocycles. The number of rotatable bonds is 43. The quantitative estimate of drug-likeness (QED) is 0.0239. The van der Waals surface area contributed by atoms with E-state index >= 15 is 0 Å². The summed E-state index contributed by atoms with van der Waals surface area (Å²) in [5, 5.41) is 12.7. The molecule has 0 saturated heterocycles. The first-order valence-electron chi connectivity index (χ1n) is 23.7. The first-order valence-corrected chi connectivity index (χ1v) is 25.2. The molecule has 0 aliphatic carbocycles. The normalized spacial score (nSPS) is 14.1. The minimum absolute atomic E-state index is 0.0568. The molecule has 0 aromatic rings. The van der Waals surface area contributed by atoms with Crippen LogP contribution in [-0.2, 0) is 27.9 Å². The summed E-state index contributed by atoms with van der Waals surface area (Å²) in [4.78, 5) is 34.0. The lowest BCUT2D eigenvalue weighted by Crippen LogP contribution is -2.27. The Balaban J connectivity index is 3.67. The van der Waals surface area contributed by atoms with E-state index in [1.165, 1.54) is 51.4 Å². The second kappa shape index (κ2) is 46.4. The fourth-order valence-electron chi connectivity index (χ4n) is 5.94. The predicted molar refractivity (Wildman–Crippen MR) is 256 cm³/mol. The predicted octanol–water partition coefficient (Wildman–Crippen LogP) is 13.8. The molecule has 10 heteroatoms. The summed E-state index contributed by atoms with van der Waals surface area (Å²) < 4.78 is 26.9. The van der Waals surface area contributed by atoms with Gasteiger partial charge in [0.25, 0.3) is 0 Å². The zero-order chi connectivity index (χ0) is 44.6. The van der Waals surface area contributed by atoms with Gasteiger partial charge >= 0.3 is 13.8 Å². The third kappa shape index (κ3) is 47.8. The molecular weight excluding hydrogens is 786 g/mol. The highest BCUT2D eigenvalue weighted by molar-refractivity contribution is 7.47. The van der Waals surface area contributed by atoms with Crippen LogP contribution in [0.25, 0.3) is 0 Å². The molecule has 0 saturated carbocycles. The van der Waals surface area contributed by atoms with Crippen molar-refractivity contribution in [1.82, 2.24) is 5.32 Å². The number of unbranched alkanes of at least 4 members (excludes halogenated alkanes) is 14. The largest absolute Gasteiger partial charge is 0.472 e. The summed E-state index contributed by atoms with van der Waals surface area (Å²) >= 11 is 0. The number of phosphoric ester groups is 1. The molecule has 2 atom stereocenters.